The first kappa shape index (κ1) is 13.2. The summed E-state index contributed by atoms with van der Waals surface area (Å²) in [4.78, 5) is 11.3. The molecule has 0 bridgehead atoms. The second-order valence-electron chi connectivity index (χ2n) is 5.36. The van der Waals surface area contributed by atoms with Crippen molar-refractivity contribution in [1.29, 1.82) is 0 Å². The molecule has 22 heavy (non-hydrogen) atoms. The molecule has 3 aromatic rings. The third kappa shape index (κ3) is 1.62. The molecule has 0 atom stereocenters. The van der Waals surface area contributed by atoms with Crippen LogP contribution in [0.2, 0.25) is 0 Å². The SMILES string of the molecule is O=C1C=c2c(S(=O)(=O)O)c(O)c3cccc4ccc(c2c43)C1. The van der Waals surface area contributed by atoms with E-state index in [1.54, 1.807) is 18.2 Å². The van der Waals surface area contributed by atoms with E-state index < -0.39 is 20.8 Å². The first-order valence-electron chi connectivity index (χ1n) is 6.59. The summed E-state index contributed by atoms with van der Waals surface area (Å²) in [6.45, 7) is 0. The number of benzene rings is 3. The van der Waals surface area contributed by atoms with Crippen molar-refractivity contribution in [1.82, 2.24) is 0 Å². The van der Waals surface area contributed by atoms with Crippen molar-refractivity contribution in [2.75, 3.05) is 0 Å². The predicted molar refractivity (Wildman–Crippen MR) is 81.3 cm³/mol. The second-order valence-corrected chi connectivity index (χ2v) is 6.72. The van der Waals surface area contributed by atoms with E-state index in [9.17, 15) is 22.9 Å². The molecule has 0 saturated heterocycles. The highest BCUT2D eigenvalue weighted by Gasteiger charge is 2.26. The van der Waals surface area contributed by atoms with E-state index in [0.717, 1.165) is 5.39 Å². The van der Waals surface area contributed by atoms with Gasteiger partial charge in [-0.3, -0.25) is 9.35 Å². The zero-order valence-corrected chi connectivity index (χ0v) is 12.0. The van der Waals surface area contributed by atoms with Gasteiger partial charge in [-0.1, -0.05) is 30.3 Å². The highest BCUT2D eigenvalue weighted by Crippen LogP contribution is 2.37. The molecule has 4 rings (SSSR count). The molecule has 0 unspecified atom stereocenters. The first-order chi connectivity index (χ1) is 10.4. The standard InChI is InChI=1S/C16H10O5S/c17-10-6-9-5-4-8-2-1-3-11-13(8)14(9)12(7-10)16(15(11)18)22(19,20)21/h1-5,7,18H,6H2,(H,19,20,21). The van der Waals surface area contributed by atoms with Gasteiger partial charge in [0.15, 0.2) is 5.78 Å². The Bertz CT molecular complexity index is 1140. The zero-order valence-electron chi connectivity index (χ0n) is 11.2. The minimum atomic E-state index is -4.67. The van der Waals surface area contributed by atoms with Gasteiger partial charge in [0.2, 0.25) is 0 Å². The van der Waals surface area contributed by atoms with Gasteiger partial charge in [0.05, 0.1) is 0 Å². The maximum absolute atomic E-state index is 11.9. The molecule has 6 heteroatoms. The Labute approximate surface area is 125 Å². The van der Waals surface area contributed by atoms with E-state index in [1.165, 1.54) is 6.08 Å². The lowest BCUT2D eigenvalue weighted by Crippen LogP contribution is -2.23. The fraction of sp³-hybridized carbons (Fsp3) is 0.0625. The fourth-order valence-corrected chi connectivity index (χ4v) is 4.03. The molecule has 3 aromatic carbocycles. The Morgan fingerprint density at radius 1 is 1.05 bits per heavy atom. The molecule has 0 amide bonds. The van der Waals surface area contributed by atoms with Gasteiger partial charge in [0.1, 0.15) is 10.6 Å². The second kappa shape index (κ2) is 4.06. The monoisotopic (exact) mass is 314 g/mol. The van der Waals surface area contributed by atoms with Crippen molar-refractivity contribution in [3.05, 3.63) is 41.1 Å². The summed E-state index contributed by atoms with van der Waals surface area (Å²) in [7, 11) is -4.67. The van der Waals surface area contributed by atoms with Crippen LogP contribution in [0.4, 0.5) is 0 Å². The Morgan fingerprint density at radius 3 is 2.55 bits per heavy atom. The maximum Gasteiger partial charge on any atom is 0.298 e. The highest BCUT2D eigenvalue weighted by molar-refractivity contribution is 7.86. The van der Waals surface area contributed by atoms with Crippen LogP contribution in [0.25, 0.3) is 27.6 Å². The Kier molecular flexibility index (Phi) is 2.44. The Morgan fingerprint density at radius 2 is 1.82 bits per heavy atom. The maximum atomic E-state index is 11.9. The lowest BCUT2D eigenvalue weighted by molar-refractivity contribution is -0.112. The summed E-state index contributed by atoms with van der Waals surface area (Å²) in [6.07, 6.45) is 1.35. The number of rotatable bonds is 1. The van der Waals surface area contributed by atoms with Crippen molar-refractivity contribution in [3.8, 4) is 5.75 Å². The van der Waals surface area contributed by atoms with Crippen molar-refractivity contribution < 1.29 is 22.9 Å². The van der Waals surface area contributed by atoms with E-state index in [2.05, 4.69) is 0 Å². The molecule has 0 aliphatic heterocycles. The summed E-state index contributed by atoms with van der Waals surface area (Å²) < 4.78 is 32.9. The molecular weight excluding hydrogens is 304 g/mol. The molecule has 1 aliphatic carbocycles. The van der Waals surface area contributed by atoms with Gasteiger partial charge in [-0.05, 0) is 22.4 Å². The van der Waals surface area contributed by atoms with Gasteiger partial charge in [-0.25, -0.2) is 0 Å². The van der Waals surface area contributed by atoms with Crippen LogP contribution in [0, 0.1) is 0 Å². The minimum absolute atomic E-state index is 0.0653. The minimum Gasteiger partial charge on any atom is -0.506 e. The molecule has 0 radical (unpaired) electrons. The van der Waals surface area contributed by atoms with E-state index in [0.29, 0.717) is 21.7 Å². The average Bonchev–Trinajstić information content (AvgIpc) is 2.43. The van der Waals surface area contributed by atoms with Crippen molar-refractivity contribution in [2.45, 2.75) is 11.3 Å². The molecule has 0 fully saturated rings. The highest BCUT2D eigenvalue weighted by atomic mass is 32.2. The third-order valence-corrected chi connectivity index (χ3v) is 4.97. The smallest absolute Gasteiger partial charge is 0.298 e. The van der Waals surface area contributed by atoms with E-state index in [4.69, 9.17) is 0 Å². The van der Waals surface area contributed by atoms with Crippen LogP contribution in [0.5, 0.6) is 5.75 Å². The summed E-state index contributed by atoms with van der Waals surface area (Å²) in [6, 6.07) is 8.75. The lowest BCUT2D eigenvalue weighted by atomic mass is 9.89. The number of phenolic OH excluding ortho intramolecular Hbond substituents is 1. The summed E-state index contributed by atoms with van der Waals surface area (Å²) in [5, 5.41) is 12.9. The third-order valence-electron chi connectivity index (χ3n) is 4.04. The molecule has 2 N–H and O–H groups in total. The number of phenols is 1. The fourth-order valence-electron chi connectivity index (χ4n) is 3.24. The largest absolute Gasteiger partial charge is 0.506 e. The zero-order chi connectivity index (χ0) is 15.6. The van der Waals surface area contributed by atoms with E-state index in [1.807, 2.05) is 12.1 Å². The van der Waals surface area contributed by atoms with E-state index >= 15 is 0 Å². The normalized spacial score (nSPS) is 14.5. The van der Waals surface area contributed by atoms with Crippen LogP contribution in [0.3, 0.4) is 0 Å². The van der Waals surface area contributed by atoms with Crippen molar-refractivity contribution in [2.24, 2.45) is 0 Å². The summed E-state index contributed by atoms with van der Waals surface area (Å²) in [5.74, 6) is -0.797. The van der Waals surface area contributed by atoms with Crippen LogP contribution in [-0.2, 0) is 21.3 Å². The quantitative estimate of drug-likeness (QED) is 0.665. The molecule has 110 valence electrons. The number of carbonyl (C=O) groups is 1. The van der Waals surface area contributed by atoms with Crippen LogP contribution in [0.1, 0.15) is 5.56 Å². The van der Waals surface area contributed by atoms with Gasteiger partial charge in [0, 0.05) is 22.4 Å². The Balaban J connectivity index is 2.47. The van der Waals surface area contributed by atoms with Crippen LogP contribution < -0.4 is 5.22 Å². The van der Waals surface area contributed by atoms with Gasteiger partial charge in [0.25, 0.3) is 10.1 Å². The Hall–Kier alpha value is -2.44. The number of hydrogen-bond acceptors (Lipinski definition) is 4. The number of aromatic hydroxyl groups is 1. The summed E-state index contributed by atoms with van der Waals surface area (Å²) >= 11 is 0. The molecular formula is C16H10O5S. The number of ketones is 1. The number of Topliss-reactive ketones (excluding diaryl/α,β-unsaturated/α-hetero) is 1. The molecule has 0 saturated carbocycles. The molecule has 1 aliphatic rings. The molecule has 0 aromatic heterocycles. The van der Waals surface area contributed by atoms with Crippen molar-refractivity contribution in [3.63, 3.8) is 0 Å². The number of carbonyl (C=O) groups excluding carboxylic acids is 1. The average molecular weight is 314 g/mol. The van der Waals surface area contributed by atoms with E-state index in [-0.39, 0.29) is 17.4 Å². The predicted octanol–water partition coefficient (Wildman–Crippen LogP) is 1.57. The van der Waals surface area contributed by atoms with Crippen LogP contribution in [-0.4, -0.2) is 23.9 Å². The van der Waals surface area contributed by atoms with Crippen LogP contribution >= 0.6 is 0 Å². The topological polar surface area (TPSA) is 91.7 Å². The first-order valence-corrected chi connectivity index (χ1v) is 8.03. The van der Waals surface area contributed by atoms with Gasteiger partial charge in [-0.2, -0.15) is 8.42 Å². The van der Waals surface area contributed by atoms with Crippen molar-refractivity contribution >= 4 is 43.5 Å². The van der Waals surface area contributed by atoms with Gasteiger partial charge >= 0.3 is 0 Å². The number of hydrogen-bond donors (Lipinski definition) is 2. The molecule has 5 nitrogen and oxygen atoms in total. The van der Waals surface area contributed by atoms with Gasteiger partial charge in [-0.15, -0.1) is 0 Å². The summed E-state index contributed by atoms with van der Waals surface area (Å²) in [5.41, 5.74) is 0.691. The molecule has 0 spiro atoms. The van der Waals surface area contributed by atoms with Crippen LogP contribution in [0.15, 0.2) is 35.2 Å². The van der Waals surface area contributed by atoms with Gasteiger partial charge < -0.3 is 5.11 Å². The molecule has 0 heterocycles. The lowest BCUT2D eigenvalue weighted by Gasteiger charge is -2.17.